The highest BCUT2D eigenvalue weighted by Gasteiger charge is 2.16. The molecule has 0 aliphatic heterocycles. The molecule has 2 aromatic carbocycles. The monoisotopic (exact) mass is 320 g/mol. The summed E-state index contributed by atoms with van der Waals surface area (Å²) in [7, 11) is 0. The van der Waals surface area contributed by atoms with E-state index in [-0.39, 0.29) is 5.88 Å². The summed E-state index contributed by atoms with van der Waals surface area (Å²) < 4.78 is 0. The van der Waals surface area contributed by atoms with Crippen molar-refractivity contribution in [1.82, 2.24) is 20.2 Å². The van der Waals surface area contributed by atoms with Crippen LogP contribution in [0.25, 0.3) is 33.4 Å². The molecule has 0 aliphatic carbocycles. The first kappa shape index (κ1) is 13.9. The molecule has 4 aromatic rings. The van der Waals surface area contributed by atoms with Crippen molar-refractivity contribution in [1.29, 1.82) is 0 Å². The summed E-state index contributed by atoms with van der Waals surface area (Å²) in [6, 6.07) is 18.1. The zero-order valence-electron chi connectivity index (χ0n) is 12.2. The smallest absolute Gasteiger partial charge is 0.166 e. The summed E-state index contributed by atoms with van der Waals surface area (Å²) in [5.41, 5.74) is 4.59. The van der Waals surface area contributed by atoms with E-state index < -0.39 is 0 Å². The first-order valence-electron chi connectivity index (χ1n) is 7.28. The van der Waals surface area contributed by atoms with Crippen LogP contribution in [0.1, 0.15) is 5.82 Å². The van der Waals surface area contributed by atoms with Crippen molar-refractivity contribution >= 4 is 22.5 Å². The van der Waals surface area contributed by atoms with E-state index in [0.29, 0.717) is 5.82 Å². The Morgan fingerprint density at radius 1 is 0.870 bits per heavy atom. The maximum atomic E-state index is 5.90. The topological polar surface area (TPSA) is 54.5 Å². The Labute approximate surface area is 138 Å². The normalized spacial score (nSPS) is 11.0. The maximum absolute atomic E-state index is 5.90. The quantitative estimate of drug-likeness (QED) is 0.568. The molecule has 0 radical (unpaired) electrons. The third kappa shape index (κ3) is 2.47. The molecule has 0 unspecified atom stereocenters. The van der Waals surface area contributed by atoms with Crippen LogP contribution < -0.4 is 0 Å². The molecule has 0 spiro atoms. The van der Waals surface area contributed by atoms with Crippen molar-refractivity contribution in [2.24, 2.45) is 0 Å². The van der Waals surface area contributed by atoms with Crippen molar-refractivity contribution in [3.05, 3.63) is 66.6 Å². The number of aromatic nitrogens is 4. The second-order valence-corrected chi connectivity index (χ2v) is 5.44. The Hall–Kier alpha value is -2.72. The van der Waals surface area contributed by atoms with Crippen LogP contribution >= 0.6 is 11.6 Å². The van der Waals surface area contributed by atoms with Gasteiger partial charge < -0.3 is 4.98 Å². The Morgan fingerprint density at radius 2 is 1.65 bits per heavy atom. The zero-order valence-corrected chi connectivity index (χ0v) is 13.0. The average molecular weight is 321 g/mol. The van der Waals surface area contributed by atoms with Gasteiger partial charge in [0.2, 0.25) is 0 Å². The van der Waals surface area contributed by atoms with Gasteiger partial charge in [0.05, 0.1) is 5.88 Å². The lowest BCUT2D eigenvalue weighted by Crippen LogP contribution is -2.01. The third-order valence-electron chi connectivity index (χ3n) is 3.74. The summed E-state index contributed by atoms with van der Waals surface area (Å²) in [5.74, 6) is 0.754. The number of alkyl halides is 1. The predicted octanol–water partition coefficient (Wildman–Crippen LogP) is 4.43. The molecule has 5 heteroatoms. The molecular formula is C18H13ClN4. The summed E-state index contributed by atoms with van der Waals surface area (Å²) in [6.07, 6.45) is 1.96. The van der Waals surface area contributed by atoms with E-state index in [4.69, 9.17) is 11.6 Å². The highest BCUT2D eigenvalue weighted by Crippen LogP contribution is 2.33. The predicted molar refractivity (Wildman–Crippen MR) is 92.1 cm³/mol. The standard InChI is InChI=1S/C18H13ClN4/c19-10-16-21-18(14-11-20-15-9-5-4-8-13(14)15)17(23-22-16)12-6-2-1-3-7-12/h1-9,11,20H,10H2. The molecule has 4 rings (SSSR count). The van der Waals surface area contributed by atoms with Crippen LogP contribution in [0.5, 0.6) is 0 Å². The van der Waals surface area contributed by atoms with Crippen LogP contribution in [0.4, 0.5) is 0 Å². The van der Waals surface area contributed by atoms with E-state index in [9.17, 15) is 0 Å². The lowest BCUT2D eigenvalue weighted by Gasteiger charge is -2.08. The number of fused-ring (bicyclic) bond motifs is 1. The lowest BCUT2D eigenvalue weighted by atomic mass is 10.0. The average Bonchev–Trinajstić information content (AvgIpc) is 3.06. The number of para-hydroxylation sites is 1. The highest BCUT2D eigenvalue weighted by molar-refractivity contribution is 6.16. The van der Waals surface area contributed by atoms with Crippen molar-refractivity contribution in [2.75, 3.05) is 0 Å². The molecule has 0 saturated carbocycles. The van der Waals surface area contributed by atoms with Crippen LogP contribution in [0, 0.1) is 0 Å². The van der Waals surface area contributed by atoms with E-state index in [1.807, 2.05) is 54.7 Å². The van der Waals surface area contributed by atoms with E-state index >= 15 is 0 Å². The molecule has 23 heavy (non-hydrogen) atoms. The summed E-state index contributed by atoms with van der Waals surface area (Å²) in [4.78, 5) is 7.92. The second-order valence-electron chi connectivity index (χ2n) is 5.17. The molecule has 2 aromatic heterocycles. The van der Waals surface area contributed by atoms with Crippen LogP contribution in [0.2, 0.25) is 0 Å². The first-order valence-corrected chi connectivity index (χ1v) is 7.82. The first-order chi connectivity index (χ1) is 11.4. The van der Waals surface area contributed by atoms with E-state index in [1.54, 1.807) is 0 Å². The van der Waals surface area contributed by atoms with Gasteiger partial charge in [0.1, 0.15) is 11.4 Å². The van der Waals surface area contributed by atoms with Crippen molar-refractivity contribution in [3.63, 3.8) is 0 Å². The van der Waals surface area contributed by atoms with Gasteiger partial charge in [0.25, 0.3) is 0 Å². The fraction of sp³-hybridized carbons (Fsp3) is 0.0556. The number of rotatable bonds is 3. The molecule has 112 valence electrons. The summed E-state index contributed by atoms with van der Waals surface area (Å²) in [6.45, 7) is 0. The lowest BCUT2D eigenvalue weighted by molar-refractivity contribution is 0.906. The Balaban J connectivity index is 1.99. The minimum absolute atomic E-state index is 0.234. The van der Waals surface area contributed by atoms with Gasteiger partial charge in [-0.05, 0) is 6.07 Å². The van der Waals surface area contributed by atoms with Crippen LogP contribution in [-0.2, 0) is 5.88 Å². The number of nitrogens with one attached hydrogen (secondary N) is 1. The summed E-state index contributed by atoms with van der Waals surface area (Å²) >= 11 is 5.90. The zero-order chi connectivity index (χ0) is 15.6. The number of hydrogen-bond donors (Lipinski definition) is 1. The van der Waals surface area contributed by atoms with E-state index in [0.717, 1.165) is 33.4 Å². The molecule has 0 amide bonds. The van der Waals surface area contributed by atoms with Gasteiger partial charge in [-0.1, -0.05) is 48.5 Å². The van der Waals surface area contributed by atoms with Gasteiger partial charge in [-0.15, -0.1) is 21.8 Å². The number of nitrogens with zero attached hydrogens (tertiary/aromatic N) is 3. The molecule has 4 nitrogen and oxygen atoms in total. The second kappa shape index (κ2) is 5.82. The summed E-state index contributed by atoms with van der Waals surface area (Å²) in [5, 5.41) is 9.60. The van der Waals surface area contributed by atoms with Crippen LogP contribution in [0.15, 0.2) is 60.8 Å². The molecule has 0 fully saturated rings. The maximum Gasteiger partial charge on any atom is 0.166 e. The minimum Gasteiger partial charge on any atom is -0.360 e. The van der Waals surface area contributed by atoms with Gasteiger partial charge in [-0.3, -0.25) is 0 Å². The van der Waals surface area contributed by atoms with Gasteiger partial charge in [-0.2, -0.15) is 0 Å². The molecule has 0 aliphatic rings. The Kier molecular flexibility index (Phi) is 3.52. The van der Waals surface area contributed by atoms with Crippen molar-refractivity contribution < 1.29 is 0 Å². The SMILES string of the molecule is ClCc1nnc(-c2ccccc2)c(-c2c[nH]c3ccccc23)n1. The molecule has 2 heterocycles. The molecular weight excluding hydrogens is 308 g/mol. The van der Waals surface area contributed by atoms with Gasteiger partial charge in [0, 0.05) is 28.2 Å². The number of benzene rings is 2. The van der Waals surface area contributed by atoms with E-state index in [1.165, 1.54) is 0 Å². The highest BCUT2D eigenvalue weighted by atomic mass is 35.5. The van der Waals surface area contributed by atoms with E-state index in [2.05, 4.69) is 26.2 Å². The van der Waals surface area contributed by atoms with Gasteiger partial charge in [0.15, 0.2) is 5.82 Å². The van der Waals surface area contributed by atoms with Gasteiger partial charge >= 0.3 is 0 Å². The molecule has 0 bridgehead atoms. The van der Waals surface area contributed by atoms with Crippen LogP contribution in [-0.4, -0.2) is 20.2 Å². The molecule has 0 saturated heterocycles. The van der Waals surface area contributed by atoms with Gasteiger partial charge in [-0.25, -0.2) is 4.98 Å². The third-order valence-corrected chi connectivity index (χ3v) is 3.98. The number of halogens is 1. The van der Waals surface area contributed by atoms with Crippen molar-refractivity contribution in [3.8, 4) is 22.5 Å². The van der Waals surface area contributed by atoms with Crippen LogP contribution in [0.3, 0.4) is 0 Å². The Bertz CT molecular complexity index is 963. The Morgan fingerprint density at radius 3 is 2.48 bits per heavy atom. The number of aromatic amines is 1. The minimum atomic E-state index is 0.234. The fourth-order valence-electron chi connectivity index (χ4n) is 2.66. The number of H-pyrrole nitrogens is 1. The van der Waals surface area contributed by atoms with Crippen molar-refractivity contribution in [2.45, 2.75) is 5.88 Å². The molecule has 0 atom stereocenters. The largest absolute Gasteiger partial charge is 0.360 e. The fourth-order valence-corrected chi connectivity index (χ4v) is 2.77. The number of hydrogen-bond acceptors (Lipinski definition) is 3. The molecule has 1 N–H and O–H groups in total.